The minimum atomic E-state index is -0.00289. The van der Waals surface area contributed by atoms with Crippen LogP contribution in [-0.2, 0) is 11.4 Å². The molecule has 2 aromatic carbocycles. The van der Waals surface area contributed by atoms with Crippen molar-refractivity contribution in [2.24, 2.45) is 5.16 Å². The van der Waals surface area contributed by atoms with Crippen LogP contribution in [0, 0.1) is 6.92 Å². The van der Waals surface area contributed by atoms with Gasteiger partial charge in [-0.15, -0.1) is 0 Å². The third-order valence-corrected chi connectivity index (χ3v) is 3.62. The quantitative estimate of drug-likeness (QED) is 0.419. The fourth-order valence-electron chi connectivity index (χ4n) is 1.78. The number of Topliss-reactive ketones (excluding diaryl/α,β-unsaturated/α-hetero) is 1. The molecule has 0 radical (unpaired) electrons. The van der Waals surface area contributed by atoms with Crippen molar-refractivity contribution in [2.75, 3.05) is 0 Å². The van der Waals surface area contributed by atoms with E-state index in [0.717, 1.165) is 11.1 Å². The number of rotatable bonds is 6. The van der Waals surface area contributed by atoms with Crippen molar-refractivity contribution in [1.29, 1.82) is 0 Å². The molecule has 0 aliphatic rings. The molecule has 0 aromatic heterocycles. The van der Waals surface area contributed by atoms with Crippen molar-refractivity contribution < 1.29 is 9.63 Å². The Morgan fingerprint density at radius 3 is 2.59 bits per heavy atom. The lowest BCUT2D eigenvalue weighted by Gasteiger charge is -2.03. The highest BCUT2D eigenvalue weighted by Crippen LogP contribution is 2.21. The highest BCUT2D eigenvalue weighted by molar-refractivity contribution is 6.35. The fraction of sp³-hybridized carbons (Fsp3) is 0.176. The summed E-state index contributed by atoms with van der Waals surface area (Å²) in [6.07, 6.45) is 1.64. The normalized spacial score (nSPS) is 10.9. The lowest BCUT2D eigenvalue weighted by atomic mass is 10.1. The maximum atomic E-state index is 11.9. The third-order valence-electron chi connectivity index (χ3n) is 3.03. The van der Waals surface area contributed by atoms with Crippen molar-refractivity contribution in [3.05, 3.63) is 69.2 Å². The smallest absolute Gasteiger partial charge is 0.168 e. The van der Waals surface area contributed by atoms with Gasteiger partial charge in [-0.3, -0.25) is 4.79 Å². The molecule has 0 bridgehead atoms. The number of halogens is 2. The molecular formula is C17H15Cl2NO2. The SMILES string of the molecule is Cc1ccc(C(=O)C/C=N/OCc2ccc(Cl)cc2Cl)cc1. The van der Waals surface area contributed by atoms with Gasteiger partial charge in [-0.2, -0.15) is 0 Å². The van der Waals surface area contributed by atoms with Crippen molar-refractivity contribution in [3.63, 3.8) is 0 Å². The first-order valence-corrected chi connectivity index (χ1v) is 7.49. The van der Waals surface area contributed by atoms with Gasteiger partial charge in [0.05, 0.1) is 6.21 Å². The van der Waals surface area contributed by atoms with Gasteiger partial charge in [-0.05, 0) is 19.1 Å². The van der Waals surface area contributed by atoms with Crippen molar-refractivity contribution in [1.82, 2.24) is 0 Å². The number of carbonyl (C=O) groups excluding carboxylic acids is 1. The van der Waals surface area contributed by atoms with Gasteiger partial charge in [0.2, 0.25) is 0 Å². The molecule has 0 spiro atoms. The fourth-order valence-corrected chi connectivity index (χ4v) is 2.24. The summed E-state index contributed by atoms with van der Waals surface area (Å²) in [7, 11) is 0. The topological polar surface area (TPSA) is 38.7 Å². The molecule has 0 N–H and O–H groups in total. The average molecular weight is 336 g/mol. The van der Waals surface area contributed by atoms with Crippen LogP contribution in [0.3, 0.4) is 0 Å². The Kier molecular flexibility index (Phi) is 5.99. The van der Waals surface area contributed by atoms with E-state index >= 15 is 0 Å². The van der Waals surface area contributed by atoms with Gasteiger partial charge in [0.1, 0.15) is 6.61 Å². The number of nitrogens with zero attached hydrogens (tertiary/aromatic N) is 1. The van der Waals surface area contributed by atoms with E-state index in [0.29, 0.717) is 15.6 Å². The number of hydrogen-bond donors (Lipinski definition) is 0. The van der Waals surface area contributed by atoms with E-state index < -0.39 is 0 Å². The van der Waals surface area contributed by atoms with Crippen LogP contribution in [0.1, 0.15) is 27.9 Å². The maximum Gasteiger partial charge on any atom is 0.168 e. The highest BCUT2D eigenvalue weighted by atomic mass is 35.5. The van der Waals surface area contributed by atoms with Crippen LogP contribution in [0.2, 0.25) is 10.0 Å². The molecule has 0 unspecified atom stereocenters. The van der Waals surface area contributed by atoms with Crippen LogP contribution in [0.4, 0.5) is 0 Å². The maximum absolute atomic E-state index is 11.9. The van der Waals surface area contributed by atoms with Crippen LogP contribution < -0.4 is 0 Å². The Hall–Kier alpha value is -1.84. The van der Waals surface area contributed by atoms with Gasteiger partial charge < -0.3 is 4.84 Å². The minimum Gasteiger partial charge on any atom is -0.391 e. The highest BCUT2D eigenvalue weighted by Gasteiger charge is 2.04. The minimum absolute atomic E-state index is 0.00289. The van der Waals surface area contributed by atoms with Gasteiger partial charge in [0, 0.05) is 27.6 Å². The van der Waals surface area contributed by atoms with Gasteiger partial charge in [0.15, 0.2) is 5.78 Å². The predicted molar refractivity (Wildman–Crippen MR) is 89.9 cm³/mol. The molecule has 0 heterocycles. The van der Waals surface area contributed by atoms with Crippen LogP contribution in [0.5, 0.6) is 0 Å². The third kappa shape index (κ3) is 4.86. The van der Waals surface area contributed by atoms with E-state index in [2.05, 4.69) is 5.16 Å². The van der Waals surface area contributed by atoms with Crippen LogP contribution >= 0.6 is 23.2 Å². The lowest BCUT2D eigenvalue weighted by Crippen LogP contribution is -1.99. The summed E-state index contributed by atoms with van der Waals surface area (Å²) in [4.78, 5) is 17.0. The molecule has 0 saturated heterocycles. The first-order valence-electron chi connectivity index (χ1n) is 6.74. The van der Waals surface area contributed by atoms with E-state index in [4.69, 9.17) is 28.0 Å². The lowest BCUT2D eigenvalue weighted by molar-refractivity contribution is 0.0996. The zero-order valence-corrected chi connectivity index (χ0v) is 13.6. The Bertz CT molecular complexity index is 682. The first-order chi connectivity index (χ1) is 10.6. The number of aryl methyl sites for hydroxylation is 1. The molecule has 2 rings (SSSR count). The Balaban J connectivity index is 1.80. The van der Waals surface area contributed by atoms with E-state index in [1.165, 1.54) is 6.21 Å². The molecule has 0 aliphatic carbocycles. The monoisotopic (exact) mass is 335 g/mol. The van der Waals surface area contributed by atoms with Crippen molar-refractivity contribution >= 4 is 35.2 Å². The summed E-state index contributed by atoms with van der Waals surface area (Å²) in [6.45, 7) is 2.21. The van der Waals surface area contributed by atoms with E-state index in [1.807, 2.05) is 19.1 Å². The molecular weight excluding hydrogens is 321 g/mol. The Morgan fingerprint density at radius 1 is 1.18 bits per heavy atom. The van der Waals surface area contributed by atoms with Crippen LogP contribution in [0.25, 0.3) is 0 Å². The second-order valence-electron chi connectivity index (χ2n) is 4.79. The summed E-state index contributed by atoms with van der Waals surface area (Å²) in [5.74, 6) is -0.00289. The summed E-state index contributed by atoms with van der Waals surface area (Å²) in [6, 6.07) is 12.6. The van der Waals surface area contributed by atoms with E-state index in [9.17, 15) is 4.79 Å². The van der Waals surface area contributed by atoms with Crippen LogP contribution in [-0.4, -0.2) is 12.0 Å². The van der Waals surface area contributed by atoms with Crippen LogP contribution in [0.15, 0.2) is 47.6 Å². The molecule has 0 fully saturated rings. The number of ketones is 1. The molecule has 0 amide bonds. The molecule has 5 heteroatoms. The second-order valence-corrected chi connectivity index (χ2v) is 5.63. The number of benzene rings is 2. The molecule has 22 heavy (non-hydrogen) atoms. The summed E-state index contributed by atoms with van der Waals surface area (Å²) >= 11 is 11.8. The number of carbonyl (C=O) groups is 1. The van der Waals surface area contributed by atoms with Gasteiger partial charge >= 0.3 is 0 Å². The van der Waals surface area contributed by atoms with Gasteiger partial charge in [-0.25, -0.2) is 0 Å². The molecule has 114 valence electrons. The molecule has 0 aliphatic heterocycles. The molecule has 0 saturated carbocycles. The van der Waals surface area contributed by atoms with Gasteiger partial charge in [0.25, 0.3) is 0 Å². The average Bonchev–Trinajstić information content (AvgIpc) is 2.49. The van der Waals surface area contributed by atoms with Gasteiger partial charge in [-0.1, -0.05) is 64.3 Å². The number of oxime groups is 1. The Morgan fingerprint density at radius 2 is 1.91 bits per heavy atom. The largest absolute Gasteiger partial charge is 0.391 e. The predicted octanol–water partition coefficient (Wildman–Crippen LogP) is 5.08. The summed E-state index contributed by atoms with van der Waals surface area (Å²) in [5.41, 5.74) is 2.57. The molecule has 3 nitrogen and oxygen atoms in total. The zero-order chi connectivity index (χ0) is 15.9. The van der Waals surface area contributed by atoms with E-state index in [-0.39, 0.29) is 18.8 Å². The van der Waals surface area contributed by atoms with Crippen molar-refractivity contribution in [2.45, 2.75) is 20.0 Å². The zero-order valence-electron chi connectivity index (χ0n) is 12.1. The number of hydrogen-bond acceptors (Lipinski definition) is 3. The standard InChI is InChI=1S/C17H15Cl2NO2/c1-12-2-4-13(5-3-12)17(21)8-9-20-22-11-14-6-7-15(18)10-16(14)19/h2-7,9-10H,8,11H2,1H3/b20-9+. The Labute approximate surface area is 139 Å². The second kappa shape index (κ2) is 7.97. The first kappa shape index (κ1) is 16.5. The van der Waals surface area contributed by atoms with E-state index in [1.54, 1.807) is 30.3 Å². The van der Waals surface area contributed by atoms with Crippen molar-refractivity contribution in [3.8, 4) is 0 Å². The summed E-state index contributed by atoms with van der Waals surface area (Å²) in [5, 5.41) is 4.87. The molecule has 0 atom stereocenters. The summed E-state index contributed by atoms with van der Waals surface area (Å²) < 4.78 is 0. The molecule has 2 aromatic rings.